The van der Waals surface area contributed by atoms with Gasteiger partial charge in [0, 0.05) is 16.4 Å². The lowest BCUT2D eigenvalue weighted by molar-refractivity contribution is 0.221. The van der Waals surface area contributed by atoms with Crippen molar-refractivity contribution in [3.05, 3.63) is 108 Å². The Balaban J connectivity index is 2.06. The molecule has 0 radical (unpaired) electrons. The number of rotatable bonds is 5. The molecule has 1 atom stereocenters. The molecule has 1 unspecified atom stereocenters. The molecule has 0 bridgehead atoms. The van der Waals surface area contributed by atoms with Crippen LogP contribution in [0.2, 0.25) is 0 Å². The summed E-state index contributed by atoms with van der Waals surface area (Å²) in [5, 5.41) is 0.723. The van der Waals surface area contributed by atoms with Crippen LogP contribution in [0.1, 0.15) is 23.6 Å². The molecule has 0 saturated carbocycles. The zero-order chi connectivity index (χ0) is 20.1. The average molecular weight is 402 g/mol. The van der Waals surface area contributed by atoms with Gasteiger partial charge in [-0.3, -0.25) is 0 Å². The zero-order valence-electron chi connectivity index (χ0n) is 16.5. The topological polar surface area (TPSA) is 46.3 Å². The van der Waals surface area contributed by atoms with Gasteiger partial charge in [-0.15, -0.1) is 4.53 Å². The van der Waals surface area contributed by atoms with E-state index in [2.05, 4.69) is 77.3 Å². The van der Waals surface area contributed by atoms with Crippen molar-refractivity contribution in [1.82, 2.24) is 0 Å². The van der Waals surface area contributed by atoms with Crippen LogP contribution in [-0.2, 0) is 21.1 Å². The van der Waals surface area contributed by atoms with Gasteiger partial charge in [-0.25, -0.2) is 14.8 Å². The van der Waals surface area contributed by atoms with Crippen LogP contribution in [0.3, 0.4) is 0 Å². The zero-order valence-corrected chi connectivity index (χ0v) is 17.3. The number of nitrogens with zero attached hydrogens (tertiary/aromatic N) is 3. The molecule has 0 aromatic heterocycles. The predicted octanol–water partition coefficient (Wildman–Crippen LogP) is 5.17. The lowest BCUT2D eigenvalue weighted by Crippen LogP contribution is -2.29. The molecule has 0 fully saturated rings. The Morgan fingerprint density at radius 2 is 1.24 bits per heavy atom. The molecule has 4 rings (SSSR count). The van der Waals surface area contributed by atoms with Gasteiger partial charge in [0.1, 0.15) is 5.54 Å². The van der Waals surface area contributed by atoms with Crippen molar-refractivity contribution in [3.63, 3.8) is 0 Å². The largest absolute Gasteiger partial charge is 0.249 e. The van der Waals surface area contributed by atoms with Crippen LogP contribution in [-0.4, -0.2) is 23.7 Å². The van der Waals surface area contributed by atoms with Crippen LogP contribution in [0, 0.1) is 0 Å². The molecule has 3 aromatic rings. The molecule has 0 aliphatic carbocycles. The molecule has 146 valence electrons. The van der Waals surface area contributed by atoms with Crippen LogP contribution in [0.5, 0.6) is 0 Å². The molecule has 3 aromatic carbocycles. The summed E-state index contributed by atoms with van der Waals surface area (Å²) in [4.78, 5) is 15.2. The van der Waals surface area contributed by atoms with Crippen molar-refractivity contribution in [1.29, 1.82) is 0 Å². The van der Waals surface area contributed by atoms with Gasteiger partial charge in [-0.05, 0) is 23.6 Å². The molecule has 0 saturated heterocycles. The minimum absolute atomic E-state index is 0.514. The quantitative estimate of drug-likeness (QED) is 0.430. The van der Waals surface area contributed by atoms with E-state index >= 15 is 0 Å². The Bertz CT molecular complexity index is 964. The van der Waals surface area contributed by atoms with Gasteiger partial charge in [0.15, 0.2) is 5.17 Å². The highest BCUT2D eigenvalue weighted by Crippen LogP contribution is 2.41. The molecule has 1 aliphatic rings. The van der Waals surface area contributed by atoms with Crippen molar-refractivity contribution in [3.8, 4) is 0 Å². The van der Waals surface area contributed by atoms with Gasteiger partial charge in [-0.1, -0.05) is 91.0 Å². The maximum Gasteiger partial charge on any atom is 0.198 e. The van der Waals surface area contributed by atoms with E-state index in [1.807, 2.05) is 25.1 Å². The highest BCUT2D eigenvalue weighted by molar-refractivity contribution is 8.03. The first-order valence-electron chi connectivity index (χ1n) is 9.50. The predicted molar refractivity (Wildman–Crippen MR) is 121 cm³/mol. The third-order valence-electron chi connectivity index (χ3n) is 4.85. The van der Waals surface area contributed by atoms with Crippen molar-refractivity contribution in [2.45, 2.75) is 12.5 Å². The minimum atomic E-state index is -0.720. The number of amidine groups is 1. The van der Waals surface area contributed by atoms with E-state index in [4.69, 9.17) is 14.8 Å². The molecular formula is C24H23N3OS. The monoisotopic (exact) mass is 401 g/mol. The van der Waals surface area contributed by atoms with Gasteiger partial charge in [-0.2, -0.15) is 0 Å². The van der Waals surface area contributed by atoms with Gasteiger partial charge in [0.2, 0.25) is 0 Å². The second kappa shape index (κ2) is 8.64. The summed E-state index contributed by atoms with van der Waals surface area (Å²) in [5.74, 6) is 0.751. The van der Waals surface area contributed by atoms with E-state index in [1.54, 1.807) is 7.11 Å². The van der Waals surface area contributed by atoms with E-state index in [1.165, 1.54) is 0 Å². The third kappa shape index (κ3) is 3.84. The minimum Gasteiger partial charge on any atom is -0.249 e. The Morgan fingerprint density at radius 3 is 1.66 bits per heavy atom. The van der Waals surface area contributed by atoms with Crippen LogP contribution in [0.15, 0.2) is 106 Å². The lowest BCUT2D eigenvalue weighted by atomic mass is 9.77. The number of hydrogen-bond donors (Lipinski definition) is 0. The van der Waals surface area contributed by atoms with Crippen LogP contribution in [0.4, 0.5) is 0 Å². The molecule has 5 heteroatoms. The number of benzene rings is 3. The first kappa shape index (κ1) is 19.4. The normalized spacial score (nSPS) is 18.2. The summed E-state index contributed by atoms with van der Waals surface area (Å²) < 4.78 is 4.30. The van der Waals surface area contributed by atoms with E-state index < -0.39 is 16.2 Å². The summed E-state index contributed by atoms with van der Waals surface area (Å²) in [6, 6.07) is 31.2. The average Bonchev–Trinajstić information content (AvgIpc) is 3.12. The number of aliphatic imine (C=N–C) groups is 2. The Morgan fingerprint density at radius 1 is 0.793 bits per heavy atom. The fourth-order valence-electron chi connectivity index (χ4n) is 3.61. The van der Waals surface area contributed by atoms with Gasteiger partial charge >= 0.3 is 0 Å². The third-order valence-corrected chi connectivity index (χ3v) is 6.47. The van der Waals surface area contributed by atoms with Gasteiger partial charge < -0.3 is 0 Å². The van der Waals surface area contributed by atoms with Gasteiger partial charge in [0.25, 0.3) is 0 Å². The summed E-state index contributed by atoms with van der Waals surface area (Å²) in [6.45, 7) is 2.02. The van der Waals surface area contributed by atoms with Crippen molar-refractivity contribution >= 4 is 21.6 Å². The Labute approximate surface area is 174 Å². The highest BCUT2D eigenvalue weighted by atomic mass is 32.2. The molecular weight excluding hydrogens is 378 g/mol. The van der Waals surface area contributed by atoms with Crippen LogP contribution < -0.4 is 0 Å². The maximum absolute atomic E-state index is 5.34. The summed E-state index contributed by atoms with van der Waals surface area (Å²) in [6.07, 6.45) is 0. The fourth-order valence-corrected chi connectivity index (χ4v) is 5.01. The van der Waals surface area contributed by atoms with E-state index in [0.29, 0.717) is 0 Å². The highest BCUT2D eigenvalue weighted by Gasteiger charge is 2.37. The molecule has 1 aliphatic heterocycles. The summed E-state index contributed by atoms with van der Waals surface area (Å²) in [5.41, 5.74) is 3.57. The van der Waals surface area contributed by atoms with E-state index in [-0.39, 0.29) is 0 Å². The van der Waals surface area contributed by atoms with E-state index in [9.17, 15) is 0 Å². The number of hydrogen-bond acceptors (Lipinski definition) is 3. The van der Waals surface area contributed by atoms with E-state index in [0.717, 1.165) is 33.3 Å². The first-order chi connectivity index (χ1) is 14.2. The standard InChI is InChI=1S/C24H23N3OS/c1-19-18-29(27-28-2)23(25-19)26-24(20-12-6-3-7-13-20,21-14-8-4-9-15-21)22-16-10-5-11-17-22/h3-17H,18H2,1-2H3. The summed E-state index contributed by atoms with van der Waals surface area (Å²) >= 11 is 0. The van der Waals surface area contributed by atoms with Gasteiger partial charge in [0.05, 0.1) is 12.9 Å². The Hall–Kier alpha value is -2.89. The first-order valence-corrected chi connectivity index (χ1v) is 10.8. The molecule has 0 N–H and O–H groups in total. The molecule has 0 spiro atoms. The maximum atomic E-state index is 5.34. The van der Waals surface area contributed by atoms with Crippen LogP contribution in [0.25, 0.3) is 0 Å². The molecule has 0 amide bonds. The summed E-state index contributed by atoms with van der Waals surface area (Å²) in [7, 11) is 1.07. The fraction of sp³-hybridized carbons (Fsp3) is 0.167. The van der Waals surface area contributed by atoms with Crippen LogP contribution >= 0.6 is 0 Å². The molecule has 4 nitrogen and oxygen atoms in total. The second-order valence-corrected chi connectivity index (χ2v) is 8.35. The van der Waals surface area contributed by atoms with Crippen molar-refractivity contribution in [2.24, 2.45) is 14.5 Å². The smallest absolute Gasteiger partial charge is 0.198 e. The van der Waals surface area contributed by atoms with Crippen molar-refractivity contribution in [2.75, 3.05) is 12.9 Å². The SMILES string of the molecule is CON=S1CC(C)=NC1=NC(c1ccccc1)(c1ccccc1)c1ccccc1. The lowest BCUT2D eigenvalue weighted by Gasteiger charge is -2.32. The Kier molecular flexibility index (Phi) is 5.79. The molecule has 29 heavy (non-hydrogen) atoms. The van der Waals surface area contributed by atoms with Crippen molar-refractivity contribution < 1.29 is 4.84 Å². The molecule has 1 heterocycles. The second-order valence-electron chi connectivity index (χ2n) is 6.82.